The lowest BCUT2D eigenvalue weighted by Crippen LogP contribution is -2.11. The summed E-state index contributed by atoms with van der Waals surface area (Å²) in [6, 6.07) is 5.01. The fourth-order valence-electron chi connectivity index (χ4n) is 1.40. The number of rotatable bonds is 8. The summed E-state index contributed by atoms with van der Waals surface area (Å²) in [5.41, 5.74) is 0.0245. The number of aromatic carboxylic acids is 1. The van der Waals surface area contributed by atoms with Gasteiger partial charge in [0, 0.05) is 17.8 Å². The second kappa shape index (κ2) is 7.28. The molecule has 0 aromatic heterocycles. The van der Waals surface area contributed by atoms with E-state index in [0.717, 1.165) is 6.26 Å². The van der Waals surface area contributed by atoms with Crippen molar-refractivity contribution in [1.29, 1.82) is 0 Å². The second-order valence-corrected chi connectivity index (χ2v) is 9.98. The van der Waals surface area contributed by atoms with Gasteiger partial charge in [0.1, 0.15) is 9.84 Å². The van der Waals surface area contributed by atoms with Crippen LogP contribution >= 0.6 is 11.8 Å². The van der Waals surface area contributed by atoms with Crippen molar-refractivity contribution in [3.63, 3.8) is 0 Å². The monoisotopic (exact) mass is 352 g/mol. The number of carboxylic acids is 1. The lowest BCUT2D eigenvalue weighted by molar-refractivity contribution is 0.0696. The number of benzene rings is 1. The molecule has 9 heteroatoms. The molecule has 0 spiro atoms. The molecule has 1 N–H and O–H groups in total. The van der Waals surface area contributed by atoms with Crippen LogP contribution in [-0.2, 0) is 19.7 Å². The van der Waals surface area contributed by atoms with E-state index in [2.05, 4.69) is 0 Å². The van der Waals surface area contributed by atoms with Crippen molar-refractivity contribution < 1.29 is 26.7 Å². The van der Waals surface area contributed by atoms with Gasteiger partial charge in [0.15, 0.2) is 9.84 Å². The van der Waals surface area contributed by atoms with E-state index < -0.39 is 25.6 Å². The Kier molecular flexibility index (Phi) is 6.24. The van der Waals surface area contributed by atoms with Gasteiger partial charge in [-0.15, -0.1) is 0 Å². The Hall–Kier alpha value is -1.06. The van der Waals surface area contributed by atoms with Gasteiger partial charge in [-0.2, -0.15) is 11.8 Å². The van der Waals surface area contributed by atoms with E-state index >= 15 is 0 Å². The topological polar surface area (TPSA) is 106 Å². The molecule has 0 unspecified atom stereocenters. The summed E-state index contributed by atoms with van der Waals surface area (Å²) in [6.07, 6.45) is 1.13. The van der Waals surface area contributed by atoms with Crippen molar-refractivity contribution in [3.8, 4) is 0 Å². The van der Waals surface area contributed by atoms with Crippen LogP contribution in [0, 0.1) is 0 Å². The predicted octanol–water partition coefficient (Wildman–Crippen LogP) is 0.936. The molecule has 118 valence electrons. The highest BCUT2D eigenvalue weighted by molar-refractivity contribution is 8.01. The molecular weight excluding hydrogens is 336 g/mol. The predicted molar refractivity (Wildman–Crippen MR) is 82.5 cm³/mol. The molecule has 0 amide bonds. The van der Waals surface area contributed by atoms with Crippen molar-refractivity contribution in [3.05, 3.63) is 29.8 Å². The summed E-state index contributed by atoms with van der Waals surface area (Å²) in [5.74, 6) is -0.570. The molecule has 6 nitrogen and oxygen atoms in total. The lowest BCUT2D eigenvalue weighted by Gasteiger charge is -2.05. The third kappa shape index (κ3) is 6.49. The van der Waals surface area contributed by atoms with Crippen molar-refractivity contribution in [1.82, 2.24) is 0 Å². The van der Waals surface area contributed by atoms with Crippen LogP contribution in [0.3, 0.4) is 0 Å². The third-order valence-electron chi connectivity index (χ3n) is 2.56. The Bertz CT molecular complexity index is 689. The van der Waals surface area contributed by atoms with Crippen LogP contribution in [0.25, 0.3) is 0 Å². The van der Waals surface area contributed by atoms with Crippen LogP contribution in [0.15, 0.2) is 29.2 Å². The number of hydrogen-bond acceptors (Lipinski definition) is 6. The highest BCUT2D eigenvalue weighted by Gasteiger charge is 2.15. The largest absolute Gasteiger partial charge is 0.478 e. The molecule has 0 fully saturated rings. The number of carbonyl (C=O) groups is 1. The van der Waals surface area contributed by atoms with Crippen LogP contribution in [0.2, 0.25) is 0 Å². The number of carboxylic acid groups (broad SMARTS) is 1. The molecule has 0 bridgehead atoms. The van der Waals surface area contributed by atoms with Crippen LogP contribution in [0.1, 0.15) is 10.4 Å². The molecule has 0 atom stereocenters. The van der Waals surface area contributed by atoms with Gasteiger partial charge in [-0.3, -0.25) is 0 Å². The Morgan fingerprint density at radius 3 is 2.05 bits per heavy atom. The van der Waals surface area contributed by atoms with E-state index in [1.807, 2.05) is 0 Å². The molecule has 0 aliphatic carbocycles. The van der Waals surface area contributed by atoms with Gasteiger partial charge < -0.3 is 5.11 Å². The summed E-state index contributed by atoms with van der Waals surface area (Å²) < 4.78 is 45.8. The van der Waals surface area contributed by atoms with Crippen LogP contribution in [-0.4, -0.2) is 57.2 Å². The summed E-state index contributed by atoms with van der Waals surface area (Å²) in [7, 11) is -6.51. The molecule has 1 aromatic carbocycles. The molecule has 21 heavy (non-hydrogen) atoms. The Morgan fingerprint density at radius 1 is 1.05 bits per heavy atom. The molecule has 0 aliphatic heterocycles. The average Bonchev–Trinajstić information content (AvgIpc) is 2.37. The molecule has 0 saturated heterocycles. The minimum atomic E-state index is -3.48. The van der Waals surface area contributed by atoms with Crippen molar-refractivity contribution in [2.75, 3.05) is 29.3 Å². The zero-order chi connectivity index (χ0) is 16.1. The van der Waals surface area contributed by atoms with E-state index in [-0.39, 0.29) is 22.0 Å². The summed E-state index contributed by atoms with van der Waals surface area (Å²) in [6.45, 7) is 0. The highest BCUT2D eigenvalue weighted by Crippen LogP contribution is 2.14. The molecule has 1 rings (SSSR count). The number of hydrogen-bond donors (Lipinski definition) is 1. The first-order valence-corrected chi connectivity index (χ1v) is 10.8. The van der Waals surface area contributed by atoms with Gasteiger partial charge >= 0.3 is 5.97 Å². The van der Waals surface area contributed by atoms with Gasteiger partial charge in [-0.05, 0) is 24.3 Å². The molecular formula is C12H16O6S3. The van der Waals surface area contributed by atoms with E-state index in [4.69, 9.17) is 5.11 Å². The molecule has 0 saturated carbocycles. The summed E-state index contributed by atoms with van der Waals surface area (Å²) in [4.78, 5) is 10.8. The third-order valence-corrected chi connectivity index (χ3v) is 6.74. The Balaban J connectivity index is 2.55. The van der Waals surface area contributed by atoms with Crippen LogP contribution < -0.4 is 0 Å². The summed E-state index contributed by atoms with van der Waals surface area (Å²) in [5, 5.41) is 8.74. The molecule has 0 radical (unpaired) electrons. The first-order chi connectivity index (χ1) is 9.62. The minimum Gasteiger partial charge on any atom is -0.478 e. The first kappa shape index (κ1) is 18.0. The maximum atomic E-state index is 12.0. The maximum Gasteiger partial charge on any atom is 0.335 e. The quantitative estimate of drug-likeness (QED) is 0.694. The summed E-state index contributed by atoms with van der Waals surface area (Å²) >= 11 is 1.26. The van der Waals surface area contributed by atoms with Crippen molar-refractivity contribution in [2.45, 2.75) is 4.90 Å². The SMILES string of the molecule is CS(=O)(=O)CCSCCS(=O)(=O)c1ccc(C(=O)O)cc1. The van der Waals surface area contributed by atoms with Gasteiger partial charge in [-0.25, -0.2) is 21.6 Å². The average molecular weight is 352 g/mol. The van der Waals surface area contributed by atoms with Crippen molar-refractivity contribution >= 4 is 37.4 Å². The van der Waals surface area contributed by atoms with E-state index in [1.165, 1.54) is 36.0 Å². The van der Waals surface area contributed by atoms with E-state index in [0.29, 0.717) is 11.5 Å². The standard InChI is InChI=1S/C12H16O6S3/c1-20(15,16)8-6-19-7-9-21(17,18)11-4-2-10(3-5-11)12(13)14/h2-5H,6-9H2,1H3,(H,13,14). The van der Waals surface area contributed by atoms with Gasteiger partial charge in [-0.1, -0.05) is 0 Å². The fraction of sp³-hybridized carbons (Fsp3) is 0.417. The fourth-order valence-corrected chi connectivity index (χ4v) is 5.43. The molecule has 0 aliphatic rings. The number of thioether (sulfide) groups is 1. The highest BCUT2D eigenvalue weighted by atomic mass is 32.2. The lowest BCUT2D eigenvalue weighted by atomic mass is 10.2. The van der Waals surface area contributed by atoms with Gasteiger partial charge in [0.25, 0.3) is 0 Å². The normalized spacial score (nSPS) is 12.2. The number of sulfone groups is 2. The molecule has 1 aromatic rings. The van der Waals surface area contributed by atoms with E-state index in [9.17, 15) is 21.6 Å². The van der Waals surface area contributed by atoms with Crippen LogP contribution in [0.4, 0.5) is 0 Å². The smallest absolute Gasteiger partial charge is 0.335 e. The zero-order valence-electron chi connectivity index (χ0n) is 11.4. The van der Waals surface area contributed by atoms with Gasteiger partial charge in [0.2, 0.25) is 0 Å². The van der Waals surface area contributed by atoms with Crippen molar-refractivity contribution in [2.24, 2.45) is 0 Å². The second-order valence-electron chi connectivity index (χ2n) is 4.39. The maximum absolute atomic E-state index is 12.0. The first-order valence-electron chi connectivity index (χ1n) is 5.93. The minimum absolute atomic E-state index is 0.0189. The molecule has 0 heterocycles. The van der Waals surface area contributed by atoms with Gasteiger partial charge in [0.05, 0.1) is 22.0 Å². The van der Waals surface area contributed by atoms with Crippen LogP contribution in [0.5, 0.6) is 0 Å². The zero-order valence-corrected chi connectivity index (χ0v) is 13.8. The Labute approximate surface area is 128 Å². The van der Waals surface area contributed by atoms with E-state index in [1.54, 1.807) is 0 Å². The Morgan fingerprint density at radius 2 is 1.57 bits per heavy atom.